The number of rotatable bonds is 7. The molecule has 0 radical (unpaired) electrons. The van der Waals surface area contributed by atoms with Gasteiger partial charge in [-0.25, -0.2) is 0 Å². The maximum atomic E-state index is 2.66. The van der Waals surface area contributed by atoms with Crippen LogP contribution in [0.5, 0.6) is 0 Å². The van der Waals surface area contributed by atoms with Gasteiger partial charge in [0.2, 0.25) is 0 Å². The van der Waals surface area contributed by atoms with Gasteiger partial charge in [0.15, 0.2) is 0 Å². The van der Waals surface area contributed by atoms with Crippen molar-refractivity contribution in [3.8, 4) is 0 Å². The fourth-order valence-electron chi connectivity index (χ4n) is 6.10. The van der Waals surface area contributed by atoms with E-state index in [1.165, 1.54) is 81.2 Å². The van der Waals surface area contributed by atoms with E-state index in [-0.39, 0.29) is 0 Å². The quantitative estimate of drug-likeness (QED) is 0.398. The van der Waals surface area contributed by atoms with E-state index < -0.39 is 7.92 Å². The molecule has 0 unspecified atom stereocenters. The summed E-state index contributed by atoms with van der Waals surface area (Å²) in [4.78, 5) is 0. The van der Waals surface area contributed by atoms with Crippen molar-refractivity contribution in [1.82, 2.24) is 0 Å². The van der Waals surface area contributed by atoms with Crippen LogP contribution in [0.2, 0.25) is 0 Å². The number of allylic oxidation sites excluding steroid dienone is 1. The molecule has 160 valence electrons. The summed E-state index contributed by atoms with van der Waals surface area (Å²) in [6.45, 7) is 2.66. The highest BCUT2D eigenvalue weighted by Gasteiger charge is 2.40. The van der Waals surface area contributed by atoms with Gasteiger partial charge in [-0.05, 0) is 67.9 Å². The van der Waals surface area contributed by atoms with Crippen molar-refractivity contribution in [1.29, 1.82) is 0 Å². The first-order valence-corrected chi connectivity index (χ1v) is 13.7. The van der Waals surface area contributed by atoms with Gasteiger partial charge in [-0.3, -0.25) is 0 Å². The Morgan fingerprint density at radius 2 is 1.13 bits per heavy atom. The van der Waals surface area contributed by atoms with Crippen LogP contribution in [0.3, 0.4) is 0 Å². The third-order valence-corrected chi connectivity index (χ3v) is 10.2. The SMILES string of the molecule is CC(CC=CP(c1ccccc1)c1ccccc1)(C1CCCCC1)C1CCCCC1. The average molecular weight is 419 g/mol. The van der Waals surface area contributed by atoms with E-state index in [1.807, 2.05) is 0 Å². The molecule has 0 nitrogen and oxygen atoms in total. The van der Waals surface area contributed by atoms with Crippen molar-refractivity contribution in [2.24, 2.45) is 17.3 Å². The summed E-state index contributed by atoms with van der Waals surface area (Å²) in [6.07, 6.45) is 18.5. The number of hydrogen-bond acceptors (Lipinski definition) is 0. The highest BCUT2D eigenvalue weighted by atomic mass is 31.1. The molecule has 1 heteroatoms. The Kier molecular flexibility index (Phi) is 7.83. The van der Waals surface area contributed by atoms with Gasteiger partial charge in [-0.1, -0.05) is 118 Å². The molecule has 2 fully saturated rings. The van der Waals surface area contributed by atoms with E-state index in [0.29, 0.717) is 5.41 Å². The Morgan fingerprint density at radius 3 is 1.57 bits per heavy atom. The topological polar surface area (TPSA) is 0 Å². The Labute approximate surface area is 185 Å². The lowest BCUT2D eigenvalue weighted by Crippen LogP contribution is -2.37. The van der Waals surface area contributed by atoms with Crippen LogP contribution < -0.4 is 10.6 Å². The second kappa shape index (κ2) is 10.8. The van der Waals surface area contributed by atoms with Crippen molar-refractivity contribution in [2.45, 2.75) is 77.6 Å². The first-order valence-electron chi connectivity index (χ1n) is 12.3. The van der Waals surface area contributed by atoms with Crippen LogP contribution in [0.4, 0.5) is 0 Å². The van der Waals surface area contributed by atoms with Crippen LogP contribution in [-0.2, 0) is 0 Å². The lowest BCUT2D eigenvalue weighted by Gasteiger charge is -2.47. The molecule has 0 bridgehead atoms. The fourth-order valence-corrected chi connectivity index (χ4v) is 8.05. The maximum absolute atomic E-state index is 2.66. The van der Waals surface area contributed by atoms with E-state index in [0.717, 1.165) is 11.8 Å². The predicted octanol–water partition coefficient (Wildman–Crippen LogP) is 8.19. The van der Waals surface area contributed by atoms with Gasteiger partial charge in [-0.15, -0.1) is 0 Å². The van der Waals surface area contributed by atoms with Gasteiger partial charge in [0.25, 0.3) is 0 Å². The zero-order valence-corrected chi connectivity index (χ0v) is 19.7. The molecule has 2 aromatic rings. The summed E-state index contributed by atoms with van der Waals surface area (Å²) >= 11 is 0. The molecule has 0 heterocycles. The van der Waals surface area contributed by atoms with E-state index >= 15 is 0 Å². The molecule has 0 spiro atoms. The summed E-state index contributed by atoms with van der Waals surface area (Å²) in [6, 6.07) is 22.3. The van der Waals surface area contributed by atoms with Gasteiger partial charge in [-0.2, -0.15) is 0 Å². The lowest BCUT2D eigenvalue weighted by molar-refractivity contribution is 0.0428. The minimum atomic E-state index is -0.419. The normalized spacial score (nSPS) is 19.5. The molecule has 4 rings (SSSR count). The summed E-state index contributed by atoms with van der Waals surface area (Å²) in [5.41, 5.74) is 0.492. The Morgan fingerprint density at radius 1 is 0.700 bits per heavy atom. The number of benzene rings is 2. The second-order valence-corrected chi connectivity index (χ2v) is 11.9. The molecule has 0 atom stereocenters. The molecule has 2 saturated carbocycles. The molecule has 2 aliphatic rings. The van der Waals surface area contributed by atoms with E-state index in [4.69, 9.17) is 0 Å². The molecule has 0 saturated heterocycles. The molecular formula is C29H39P. The fraction of sp³-hybridized carbons (Fsp3) is 0.517. The zero-order valence-electron chi connectivity index (χ0n) is 18.8. The van der Waals surface area contributed by atoms with Gasteiger partial charge >= 0.3 is 0 Å². The monoisotopic (exact) mass is 418 g/mol. The molecule has 0 amide bonds. The van der Waals surface area contributed by atoms with E-state index in [1.54, 1.807) is 0 Å². The summed E-state index contributed by atoms with van der Waals surface area (Å²) in [7, 11) is -0.419. The van der Waals surface area contributed by atoms with Crippen LogP contribution in [-0.4, -0.2) is 0 Å². The zero-order chi connectivity index (χ0) is 20.7. The van der Waals surface area contributed by atoms with Gasteiger partial charge in [0, 0.05) is 0 Å². The minimum Gasteiger partial charge on any atom is -0.0829 e. The van der Waals surface area contributed by atoms with Crippen molar-refractivity contribution in [2.75, 3.05) is 0 Å². The molecular weight excluding hydrogens is 379 g/mol. The maximum Gasteiger partial charge on any atom is -0.0157 e. The summed E-state index contributed by atoms with van der Waals surface area (Å²) in [5.74, 6) is 4.43. The third-order valence-electron chi connectivity index (χ3n) is 7.96. The first kappa shape index (κ1) is 21.8. The third kappa shape index (κ3) is 5.26. The van der Waals surface area contributed by atoms with Crippen LogP contribution in [0.1, 0.15) is 77.6 Å². The van der Waals surface area contributed by atoms with E-state index in [2.05, 4.69) is 79.5 Å². The average Bonchev–Trinajstić information content (AvgIpc) is 2.84. The van der Waals surface area contributed by atoms with Crippen molar-refractivity contribution in [3.05, 3.63) is 72.6 Å². The largest absolute Gasteiger partial charge is 0.0829 e. The van der Waals surface area contributed by atoms with Crippen LogP contribution in [0.15, 0.2) is 72.6 Å². The Hall–Kier alpha value is -1.39. The molecule has 2 aliphatic carbocycles. The lowest BCUT2D eigenvalue weighted by atomic mass is 9.58. The van der Waals surface area contributed by atoms with Gasteiger partial charge < -0.3 is 0 Å². The molecule has 0 aromatic heterocycles. The summed E-state index contributed by atoms with van der Waals surface area (Å²) in [5, 5.41) is 2.93. The standard InChI is InChI=1S/C29H39P/c1-29(25-15-6-2-7-16-25,26-17-8-3-9-18-26)23-14-24-30(27-19-10-4-11-20-27)28-21-12-5-13-22-28/h4-5,10-14,19-22,24-26H,2-3,6-9,15-18,23H2,1H3. The van der Waals surface area contributed by atoms with Gasteiger partial charge in [0.1, 0.15) is 0 Å². The first-order chi connectivity index (χ1) is 14.8. The highest BCUT2D eigenvalue weighted by molar-refractivity contribution is 7.75. The molecule has 30 heavy (non-hydrogen) atoms. The van der Waals surface area contributed by atoms with Crippen LogP contribution >= 0.6 is 7.92 Å². The van der Waals surface area contributed by atoms with Crippen molar-refractivity contribution < 1.29 is 0 Å². The smallest absolute Gasteiger partial charge is 0.0157 e. The molecule has 0 aliphatic heterocycles. The highest BCUT2D eigenvalue weighted by Crippen LogP contribution is 2.51. The van der Waals surface area contributed by atoms with Crippen LogP contribution in [0.25, 0.3) is 0 Å². The molecule has 0 N–H and O–H groups in total. The van der Waals surface area contributed by atoms with Crippen molar-refractivity contribution in [3.63, 3.8) is 0 Å². The predicted molar refractivity (Wildman–Crippen MR) is 134 cm³/mol. The minimum absolute atomic E-state index is 0.419. The molecule has 2 aromatic carbocycles. The number of hydrogen-bond donors (Lipinski definition) is 0. The van der Waals surface area contributed by atoms with Gasteiger partial charge in [0.05, 0.1) is 0 Å². The Balaban J connectivity index is 1.57. The second-order valence-electron chi connectivity index (χ2n) is 9.81. The van der Waals surface area contributed by atoms with E-state index in [9.17, 15) is 0 Å². The van der Waals surface area contributed by atoms with Crippen LogP contribution in [0, 0.1) is 17.3 Å². The Bertz CT molecular complexity index is 709. The van der Waals surface area contributed by atoms with Crippen molar-refractivity contribution >= 4 is 18.5 Å². The summed E-state index contributed by atoms with van der Waals surface area (Å²) < 4.78 is 0.